The van der Waals surface area contributed by atoms with Crippen molar-refractivity contribution in [3.63, 3.8) is 0 Å². The highest BCUT2D eigenvalue weighted by molar-refractivity contribution is 5.73. The van der Waals surface area contributed by atoms with E-state index >= 15 is 0 Å². The van der Waals surface area contributed by atoms with Gasteiger partial charge < -0.3 is 15.7 Å². The van der Waals surface area contributed by atoms with Gasteiger partial charge >= 0.3 is 6.03 Å². The molecule has 0 rings (SSSR count). The highest BCUT2D eigenvalue weighted by atomic mass is 16.3. The van der Waals surface area contributed by atoms with Crippen LogP contribution in [0.2, 0.25) is 0 Å². The first kappa shape index (κ1) is 14.2. The van der Waals surface area contributed by atoms with Crippen molar-refractivity contribution in [2.75, 3.05) is 19.7 Å². The van der Waals surface area contributed by atoms with Crippen LogP contribution in [-0.2, 0) is 0 Å². The third-order valence-corrected chi connectivity index (χ3v) is 2.32. The van der Waals surface area contributed by atoms with Crippen molar-refractivity contribution >= 4 is 6.03 Å². The van der Waals surface area contributed by atoms with Crippen molar-refractivity contribution in [3.05, 3.63) is 0 Å². The van der Waals surface area contributed by atoms with Crippen LogP contribution < -0.4 is 10.6 Å². The van der Waals surface area contributed by atoms with Gasteiger partial charge in [-0.25, -0.2) is 4.79 Å². The number of carbonyl (C=O) groups is 1. The van der Waals surface area contributed by atoms with Crippen molar-refractivity contribution in [3.8, 4) is 0 Å². The monoisotopic (exact) mass is 216 g/mol. The van der Waals surface area contributed by atoms with Gasteiger partial charge in [0.05, 0.1) is 0 Å². The minimum absolute atomic E-state index is 0.101. The zero-order valence-electron chi connectivity index (χ0n) is 9.88. The molecular formula is C11H24N2O2. The number of hydrogen-bond donors (Lipinski definition) is 3. The average Bonchev–Trinajstić information content (AvgIpc) is 2.23. The predicted molar refractivity (Wildman–Crippen MR) is 61.8 cm³/mol. The summed E-state index contributed by atoms with van der Waals surface area (Å²) in [5.41, 5.74) is 0. The molecule has 90 valence electrons. The van der Waals surface area contributed by atoms with Crippen LogP contribution in [0.4, 0.5) is 4.79 Å². The summed E-state index contributed by atoms with van der Waals surface area (Å²) in [5.74, 6) is 0.396. The Morgan fingerprint density at radius 3 is 2.47 bits per heavy atom. The lowest BCUT2D eigenvalue weighted by Crippen LogP contribution is -2.38. The Morgan fingerprint density at radius 1 is 1.20 bits per heavy atom. The fourth-order valence-corrected chi connectivity index (χ4v) is 1.48. The third-order valence-electron chi connectivity index (χ3n) is 2.32. The Hall–Kier alpha value is -0.770. The molecule has 0 bridgehead atoms. The molecule has 4 nitrogen and oxygen atoms in total. The lowest BCUT2D eigenvalue weighted by atomic mass is 10.0. The second-order valence-electron chi connectivity index (χ2n) is 3.80. The molecule has 0 aromatic heterocycles. The second kappa shape index (κ2) is 9.77. The standard InChI is InChI=1S/C11H24N2O2/c1-3-5-10(6-8-14)9-13-11(15)12-7-4-2/h10,14H,3-9H2,1-2H3,(H2,12,13,15). The fraction of sp³-hybridized carbons (Fsp3) is 0.909. The van der Waals surface area contributed by atoms with Gasteiger partial charge in [0.25, 0.3) is 0 Å². The smallest absolute Gasteiger partial charge is 0.314 e. The van der Waals surface area contributed by atoms with Gasteiger partial charge in [0.15, 0.2) is 0 Å². The van der Waals surface area contributed by atoms with Gasteiger partial charge in [-0.3, -0.25) is 0 Å². The normalized spacial score (nSPS) is 12.2. The van der Waals surface area contributed by atoms with Gasteiger partial charge in [-0.05, 0) is 25.2 Å². The lowest BCUT2D eigenvalue weighted by molar-refractivity contribution is 0.229. The van der Waals surface area contributed by atoms with E-state index in [1.54, 1.807) is 0 Å². The number of aliphatic hydroxyl groups is 1. The maximum atomic E-state index is 11.2. The molecular weight excluding hydrogens is 192 g/mol. The van der Waals surface area contributed by atoms with E-state index in [1.807, 2.05) is 6.92 Å². The molecule has 0 heterocycles. The highest BCUT2D eigenvalue weighted by Crippen LogP contribution is 2.08. The van der Waals surface area contributed by atoms with E-state index in [-0.39, 0.29) is 12.6 Å². The maximum absolute atomic E-state index is 11.2. The SMILES string of the molecule is CCCNC(=O)NCC(CCC)CCO. The predicted octanol–water partition coefficient (Wildman–Crippen LogP) is 1.49. The summed E-state index contributed by atoms with van der Waals surface area (Å²) in [5, 5.41) is 14.4. The quantitative estimate of drug-likeness (QED) is 0.575. The summed E-state index contributed by atoms with van der Waals surface area (Å²) in [4.78, 5) is 11.2. The van der Waals surface area contributed by atoms with Gasteiger partial charge in [-0.2, -0.15) is 0 Å². The molecule has 1 unspecified atom stereocenters. The Kier molecular flexibility index (Phi) is 9.27. The zero-order chi connectivity index (χ0) is 11.5. The van der Waals surface area contributed by atoms with Crippen LogP contribution >= 0.6 is 0 Å². The first-order chi connectivity index (χ1) is 7.24. The van der Waals surface area contributed by atoms with E-state index in [1.165, 1.54) is 0 Å². The molecule has 1 atom stereocenters. The van der Waals surface area contributed by atoms with Crippen LogP contribution in [0.5, 0.6) is 0 Å². The van der Waals surface area contributed by atoms with Gasteiger partial charge in [0.1, 0.15) is 0 Å². The molecule has 3 N–H and O–H groups in total. The lowest BCUT2D eigenvalue weighted by Gasteiger charge is -2.15. The number of nitrogens with one attached hydrogen (secondary N) is 2. The topological polar surface area (TPSA) is 61.4 Å². The van der Waals surface area contributed by atoms with Gasteiger partial charge in [0, 0.05) is 19.7 Å². The van der Waals surface area contributed by atoms with Crippen LogP contribution in [0.1, 0.15) is 39.5 Å². The number of amides is 2. The molecule has 0 radical (unpaired) electrons. The maximum Gasteiger partial charge on any atom is 0.314 e. The fourth-order valence-electron chi connectivity index (χ4n) is 1.48. The molecule has 0 spiro atoms. The minimum Gasteiger partial charge on any atom is -0.396 e. The average molecular weight is 216 g/mol. The van der Waals surface area contributed by atoms with Crippen LogP contribution in [0.3, 0.4) is 0 Å². The summed E-state index contributed by atoms with van der Waals surface area (Å²) >= 11 is 0. The molecule has 15 heavy (non-hydrogen) atoms. The second-order valence-corrected chi connectivity index (χ2v) is 3.80. The summed E-state index contributed by atoms with van der Waals surface area (Å²) in [6, 6.07) is -0.101. The van der Waals surface area contributed by atoms with Crippen LogP contribution in [0.25, 0.3) is 0 Å². The molecule has 2 amide bonds. The highest BCUT2D eigenvalue weighted by Gasteiger charge is 2.08. The van der Waals surface area contributed by atoms with Crippen LogP contribution in [-0.4, -0.2) is 30.8 Å². The van der Waals surface area contributed by atoms with E-state index in [0.29, 0.717) is 19.0 Å². The third kappa shape index (κ3) is 8.24. The van der Waals surface area contributed by atoms with Gasteiger partial charge in [-0.15, -0.1) is 0 Å². The number of urea groups is 1. The number of carbonyl (C=O) groups excluding carboxylic acids is 1. The van der Waals surface area contributed by atoms with E-state index in [0.717, 1.165) is 25.7 Å². The Balaban J connectivity index is 3.62. The molecule has 0 fully saturated rings. The molecule has 4 heteroatoms. The molecule has 0 aliphatic rings. The molecule has 0 saturated carbocycles. The molecule has 0 aromatic rings. The number of aliphatic hydroxyl groups excluding tert-OH is 1. The Bertz CT molecular complexity index is 157. The molecule has 0 aromatic carbocycles. The van der Waals surface area contributed by atoms with Crippen LogP contribution in [0, 0.1) is 5.92 Å². The van der Waals surface area contributed by atoms with Crippen molar-refractivity contribution in [1.29, 1.82) is 0 Å². The van der Waals surface area contributed by atoms with Crippen molar-refractivity contribution in [1.82, 2.24) is 10.6 Å². The van der Waals surface area contributed by atoms with Crippen molar-refractivity contribution < 1.29 is 9.90 Å². The number of rotatable bonds is 8. The van der Waals surface area contributed by atoms with E-state index in [4.69, 9.17) is 5.11 Å². The van der Waals surface area contributed by atoms with Gasteiger partial charge in [0.2, 0.25) is 0 Å². The first-order valence-electron chi connectivity index (χ1n) is 5.87. The van der Waals surface area contributed by atoms with E-state index in [2.05, 4.69) is 17.6 Å². The summed E-state index contributed by atoms with van der Waals surface area (Å²) in [6.45, 7) is 5.70. The molecule has 0 aliphatic carbocycles. The largest absolute Gasteiger partial charge is 0.396 e. The summed E-state index contributed by atoms with van der Waals surface area (Å²) in [6.07, 6.45) is 3.85. The Labute approximate surface area is 92.4 Å². The van der Waals surface area contributed by atoms with E-state index in [9.17, 15) is 4.79 Å². The minimum atomic E-state index is -0.101. The number of hydrogen-bond acceptors (Lipinski definition) is 2. The van der Waals surface area contributed by atoms with E-state index < -0.39 is 0 Å². The summed E-state index contributed by atoms with van der Waals surface area (Å²) in [7, 11) is 0. The van der Waals surface area contributed by atoms with Crippen LogP contribution in [0.15, 0.2) is 0 Å². The van der Waals surface area contributed by atoms with Crippen molar-refractivity contribution in [2.45, 2.75) is 39.5 Å². The summed E-state index contributed by atoms with van der Waals surface area (Å²) < 4.78 is 0. The first-order valence-corrected chi connectivity index (χ1v) is 5.87. The Morgan fingerprint density at radius 2 is 1.93 bits per heavy atom. The molecule has 0 saturated heterocycles. The van der Waals surface area contributed by atoms with Gasteiger partial charge in [-0.1, -0.05) is 20.3 Å². The van der Waals surface area contributed by atoms with Crippen molar-refractivity contribution in [2.24, 2.45) is 5.92 Å². The zero-order valence-corrected chi connectivity index (χ0v) is 9.88. The molecule has 0 aliphatic heterocycles.